The first-order valence-electron chi connectivity index (χ1n) is 11.7. The van der Waals surface area contributed by atoms with Crippen LogP contribution >= 0.6 is 0 Å². The number of urea groups is 2. The van der Waals surface area contributed by atoms with E-state index in [1.807, 2.05) is 13.1 Å². The lowest BCUT2D eigenvalue weighted by atomic mass is 10.1. The van der Waals surface area contributed by atoms with Gasteiger partial charge in [0.25, 0.3) is 0 Å². The number of nitrogens with zero attached hydrogens (tertiary/aromatic N) is 3. The molecule has 0 spiro atoms. The topological polar surface area (TPSA) is 116 Å². The van der Waals surface area contributed by atoms with E-state index in [4.69, 9.17) is 4.74 Å². The predicted molar refractivity (Wildman–Crippen MR) is 136 cm³/mol. The second kappa shape index (κ2) is 12.0. The minimum absolute atomic E-state index is 0.0408. The van der Waals surface area contributed by atoms with E-state index in [1.54, 1.807) is 29.2 Å². The van der Waals surface area contributed by atoms with Gasteiger partial charge in [0.15, 0.2) is 11.6 Å². The van der Waals surface area contributed by atoms with Crippen LogP contribution in [0.3, 0.4) is 0 Å². The number of likely N-dealkylation sites (N-methyl/N-ethyl adjacent to an activating group) is 1. The highest BCUT2D eigenvalue weighted by Crippen LogP contribution is 2.27. The summed E-state index contributed by atoms with van der Waals surface area (Å²) in [6.07, 6.45) is 1.48. The van der Waals surface area contributed by atoms with Gasteiger partial charge in [0.2, 0.25) is 5.91 Å². The van der Waals surface area contributed by atoms with Crippen LogP contribution in [-0.4, -0.2) is 66.0 Å². The first kappa shape index (κ1) is 25.6. The van der Waals surface area contributed by atoms with Crippen molar-refractivity contribution in [1.82, 2.24) is 20.1 Å². The number of rotatable bonds is 6. The highest BCUT2D eigenvalue weighted by molar-refractivity contribution is 6.01. The minimum atomic E-state index is -0.774. The molecule has 1 saturated heterocycles. The Balaban J connectivity index is 1.31. The van der Waals surface area contributed by atoms with Crippen molar-refractivity contribution in [1.29, 1.82) is 0 Å². The number of anilines is 2. The van der Waals surface area contributed by atoms with Crippen LogP contribution in [0.5, 0.6) is 11.5 Å². The molecule has 1 fully saturated rings. The molecule has 1 aliphatic heterocycles. The van der Waals surface area contributed by atoms with Crippen molar-refractivity contribution in [2.45, 2.75) is 6.42 Å². The largest absolute Gasteiger partial charge is 0.454 e. The summed E-state index contributed by atoms with van der Waals surface area (Å²) < 4.78 is 20.3. The van der Waals surface area contributed by atoms with Crippen molar-refractivity contribution in [3.05, 3.63) is 78.2 Å². The number of ether oxygens (including phenoxy) is 1. The Kier molecular flexibility index (Phi) is 8.26. The SMILES string of the molecule is CN1CCN(C(=O)Nc2cc(Oc3ccc(NC(=O)NC(=O)Cc4ccccc4)cc3F)ccn2)CC1. The molecule has 0 saturated carbocycles. The molecule has 2 aromatic carbocycles. The second-order valence-corrected chi connectivity index (χ2v) is 8.51. The summed E-state index contributed by atoms with van der Waals surface area (Å²) in [5.74, 6) is -0.760. The Hall–Kier alpha value is -4.51. The molecule has 2 heterocycles. The molecule has 37 heavy (non-hydrogen) atoms. The standard InChI is InChI=1S/C26H27FN6O4/c1-32-11-13-33(14-12-32)26(36)30-23-17-20(9-10-28-23)37-22-8-7-19(16-21(22)27)29-25(35)31-24(34)15-18-5-3-2-4-6-18/h2-10,16-17H,11-15H2,1H3,(H,28,30,36)(H2,29,31,34,35). The van der Waals surface area contributed by atoms with Gasteiger partial charge >= 0.3 is 12.1 Å². The van der Waals surface area contributed by atoms with Gasteiger partial charge in [-0.3, -0.25) is 15.4 Å². The average molecular weight is 507 g/mol. The van der Waals surface area contributed by atoms with E-state index in [0.29, 0.717) is 13.1 Å². The Morgan fingerprint density at radius 1 is 0.973 bits per heavy atom. The van der Waals surface area contributed by atoms with Crippen LogP contribution in [0.4, 0.5) is 25.5 Å². The van der Waals surface area contributed by atoms with Gasteiger partial charge in [-0.15, -0.1) is 0 Å². The summed E-state index contributed by atoms with van der Waals surface area (Å²) in [5, 5.41) is 7.36. The van der Waals surface area contributed by atoms with Gasteiger partial charge in [-0.05, 0) is 30.8 Å². The van der Waals surface area contributed by atoms with Crippen LogP contribution in [0.15, 0.2) is 66.9 Å². The molecule has 4 rings (SSSR count). The molecule has 1 aliphatic rings. The Morgan fingerprint density at radius 3 is 2.46 bits per heavy atom. The number of benzene rings is 2. The fourth-order valence-electron chi connectivity index (χ4n) is 3.64. The van der Waals surface area contributed by atoms with Crippen LogP contribution in [0.1, 0.15) is 5.56 Å². The number of carbonyl (C=O) groups excluding carboxylic acids is 3. The van der Waals surface area contributed by atoms with Gasteiger partial charge < -0.3 is 19.9 Å². The Bertz CT molecular complexity index is 1260. The zero-order valence-corrected chi connectivity index (χ0v) is 20.2. The maximum Gasteiger partial charge on any atom is 0.325 e. The normalized spacial score (nSPS) is 13.5. The van der Waals surface area contributed by atoms with E-state index in [-0.39, 0.29) is 35.5 Å². The molecule has 0 aliphatic carbocycles. The summed E-state index contributed by atoms with van der Waals surface area (Å²) in [4.78, 5) is 44.6. The van der Waals surface area contributed by atoms with Crippen LogP contribution in [0.2, 0.25) is 0 Å². The van der Waals surface area contributed by atoms with Crippen molar-refractivity contribution >= 4 is 29.5 Å². The fourth-order valence-corrected chi connectivity index (χ4v) is 3.64. The number of halogens is 1. The highest BCUT2D eigenvalue weighted by atomic mass is 19.1. The second-order valence-electron chi connectivity index (χ2n) is 8.51. The van der Waals surface area contributed by atoms with E-state index in [2.05, 4.69) is 25.8 Å². The minimum Gasteiger partial charge on any atom is -0.454 e. The van der Waals surface area contributed by atoms with E-state index in [1.165, 1.54) is 30.5 Å². The zero-order chi connectivity index (χ0) is 26.2. The van der Waals surface area contributed by atoms with Gasteiger partial charge in [0, 0.05) is 50.2 Å². The fraction of sp³-hybridized carbons (Fsp3) is 0.231. The average Bonchev–Trinajstić information content (AvgIpc) is 2.87. The number of amides is 5. The number of hydrogen-bond acceptors (Lipinski definition) is 6. The smallest absolute Gasteiger partial charge is 0.325 e. The monoisotopic (exact) mass is 506 g/mol. The third-order valence-electron chi connectivity index (χ3n) is 5.63. The number of imide groups is 1. The predicted octanol–water partition coefficient (Wildman–Crippen LogP) is 3.68. The molecule has 0 radical (unpaired) electrons. The molecule has 10 nitrogen and oxygen atoms in total. The summed E-state index contributed by atoms with van der Waals surface area (Å²) in [5.41, 5.74) is 0.906. The molecule has 5 amide bonds. The molecule has 0 atom stereocenters. The zero-order valence-electron chi connectivity index (χ0n) is 20.2. The molecule has 3 N–H and O–H groups in total. The number of aromatic nitrogens is 1. The number of pyridine rings is 1. The van der Waals surface area contributed by atoms with Crippen molar-refractivity contribution in [2.24, 2.45) is 0 Å². The third-order valence-corrected chi connectivity index (χ3v) is 5.63. The van der Waals surface area contributed by atoms with Gasteiger partial charge in [-0.2, -0.15) is 0 Å². The van der Waals surface area contributed by atoms with Crippen LogP contribution in [0.25, 0.3) is 0 Å². The first-order chi connectivity index (χ1) is 17.9. The molecule has 3 aromatic rings. The van der Waals surface area contributed by atoms with E-state index < -0.39 is 17.8 Å². The van der Waals surface area contributed by atoms with Gasteiger partial charge in [0.05, 0.1) is 6.42 Å². The summed E-state index contributed by atoms with van der Waals surface area (Å²) >= 11 is 0. The summed E-state index contributed by atoms with van der Waals surface area (Å²) in [7, 11) is 2.00. The van der Waals surface area contributed by atoms with Crippen molar-refractivity contribution < 1.29 is 23.5 Å². The Labute approximate surface area is 213 Å². The van der Waals surface area contributed by atoms with E-state index >= 15 is 0 Å². The van der Waals surface area contributed by atoms with Crippen molar-refractivity contribution in [2.75, 3.05) is 43.9 Å². The van der Waals surface area contributed by atoms with E-state index in [0.717, 1.165) is 24.7 Å². The maximum absolute atomic E-state index is 14.7. The molecular formula is C26H27FN6O4. The van der Waals surface area contributed by atoms with Gasteiger partial charge in [-0.25, -0.2) is 19.0 Å². The number of hydrogen-bond donors (Lipinski definition) is 3. The molecular weight excluding hydrogens is 479 g/mol. The lowest BCUT2D eigenvalue weighted by Gasteiger charge is -2.32. The van der Waals surface area contributed by atoms with E-state index in [9.17, 15) is 18.8 Å². The van der Waals surface area contributed by atoms with Crippen molar-refractivity contribution in [3.63, 3.8) is 0 Å². The van der Waals surface area contributed by atoms with Crippen LogP contribution in [-0.2, 0) is 11.2 Å². The van der Waals surface area contributed by atoms with Gasteiger partial charge in [-0.1, -0.05) is 30.3 Å². The third kappa shape index (κ3) is 7.48. The first-order valence-corrected chi connectivity index (χ1v) is 11.7. The molecule has 192 valence electrons. The molecule has 0 unspecified atom stereocenters. The summed E-state index contributed by atoms with van der Waals surface area (Å²) in [6, 6.07) is 14.8. The maximum atomic E-state index is 14.7. The summed E-state index contributed by atoms with van der Waals surface area (Å²) in [6.45, 7) is 2.81. The molecule has 1 aromatic heterocycles. The molecule has 11 heteroatoms. The van der Waals surface area contributed by atoms with Crippen molar-refractivity contribution in [3.8, 4) is 11.5 Å². The molecule has 0 bridgehead atoms. The van der Waals surface area contributed by atoms with Crippen LogP contribution < -0.4 is 20.7 Å². The number of piperazine rings is 1. The van der Waals surface area contributed by atoms with Crippen LogP contribution in [0, 0.1) is 5.82 Å². The lowest BCUT2D eigenvalue weighted by molar-refractivity contribution is -0.119. The lowest BCUT2D eigenvalue weighted by Crippen LogP contribution is -2.48. The van der Waals surface area contributed by atoms with Gasteiger partial charge in [0.1, 0.15) is 11.6 Å². The number of carbonyl (C=O) groups is 3. The quantitative estimate of drug-likeness (QED) is 0.470. The highest BCUT2D eigenvalue weighted by Gasteiger charge is 2.19. The number of nitrogens with one attached hydrogen (secondary N) is 3. The Morgan fingerprint density at radius 2 is 1.73 bits per heavy atom.